The van der Waals surface area contributed by atoms with Gasteiger partial charge in [0.15, 0.2) is 0 Å². The quantitative estimate of drug-likeness (QED) is 0.695. The average molecular weight is 348 g/mol. The van der Waals surface area contributed by atoms with E-state index < -0.39 is 0 Å². The number of rotatable bonds is 5. The molecule has 0 fully saturated rings. The molecule has 1 heterocycles. The summed E-state index contributed by atoms with van der Waals surface area (Å²) in [4.78, 5) is 12.7. The molecule has 0 N–H and O–H groups in total. The van der Waals surface area contributed by atoms with Crippen LogP contribution in [0.15, 0.2) is 84.8 Å². The second-order valence-corrected chi connectivity index (χ2v) is 7.05. The van der Waals surface area contributed by atoms with Crippen LogP contribution in [0.25, 0.3) is 11.1 Å². The Hall–Kier alpha value is -2.52. The van der Waals surface area contributed by atoms with Crippen molar-refractivity contribution in [3.63, 3.8) is 0 Å². The number of benzene rings is 2. The molecular formula is C22H20O2S. The molecule has 126 valence electrons. The smallest absolute Gasteiger partial charge is 0.344 e. The summed E-state index contributed by atoms with van der Waals surface area (Å²) in [6.07, 6.45) is 1.96. The summed E-state index contributed by atoms with van der Waals surface area (Å²) in [5, 5.41) is 0.0178. The Kier molecular flexibility index (Phi) is 5.25. The maximum absolute atomic E-state index is 12.1. The van der Waals surface area contributed by atoms with Crippen molar-refractivity contribution in [2.75, 3.05) is 7.11 Å². The van der Waals surface area contributed by atoms with Gasteiger partial charge in [0.1, 0.15) is 0 Å². The molecule has 25 heavy (non-hydrogen) atoms. The monoisotopic (exact) mass is 348 g/mol. The second kappa shape index (κ2) is 7.58. The molecule has 2 atom stereocenters. The number of hydrogen-bond acceptors (Lipinski definition) is 3. The van der Waals surface area contributed by atoms with Crippen molar-refractivity contribution in [3.8, 4) is 0 Å². The van der Waals surface area contributed by atoms with Crippen LogP contribution in [-0.2, 0) is 9.53 Å². The van der Waals surface area contributed by atoms with Gasteiger partial charge in [0, 0.05) is 11.2 Å². The van der Waals surface area contributed by atoms with Crippen LogP contribution < -0.4 is 0 Å². The van der Waals surface area contributed by atoms with Gasteiger partial charge in [-0.15, -0.1) is 11.8 Å². The van der Waals surface area contributed by atoms with E-state index in [0.29, 0.717) is 4.91 Å². The Morgan fingerprint density at radius 1 is 0.920 bits per heavy atom. The minimum absolute atomic E-state index is 0.00536. The first-order chi connectivity index (χ1) is 12.1. The maximum Gasteiger partial charge on any atom is 0.344 e. The minimum atomic E-state index is -0.306. The Balaban J connectivity index is 1.95. The number of ether oxygens (including phenoxy) is 1. The van der Waals surface area contributed by atoms with Crippen molar-refractivity contribution in [2.24, 2.45) is 5.92 Å². The zero-order chi connectivity index (χ0) is 17.8. The molecule has 0 unspecified atom stereocenters. The number of carbonyl (C=O) groups excluding carboxylic acids is 1. The van der Waals surface area contributed by atoms with E-state index in [0.717, 1.165) is 22.3 Å². The number of esters is 1. The van der Waals surface area contributed by atoms with E-state index in [-0.39, 0.29) is 17.1 Å². The SMILES string of the molecule is C=C(c1ccccc1)[C@H]1C=C(C(=O)OC)S[C@@H]1C(=C)c1ccccc1. The van der Waals surface area contributed by atoms with Crippen LogP contribution in [0.1, 0.15) is 11.1 Å². The Labute approximate surface area is 152 Å². The molecule has 0 aromatic heterocycles. The maximum atomic E-state index is 12.1. The molecule has 0 saturated carbocycles. The van der Waals surface area contributed by atoms with Crippen LogP contribution >= 0.6 is 11.8 Å². The van der Waals surface area contributed by atoms with Crippen molar-refractivity contribution >= 4 is 28.9 Å². The molecule has 2 nitrogen and oxygen atoms in total. The standard InChI is InChI=1S/C22H20O2S/c1-15(17-10-6-4-7-11-17)19-14-20(22(23)24-3)25-21(19)16(2)18-12-8-5-9-13-18/h4-14,19,21H,1-2H2,3H3/t19-,21-/m1/s1. The fourth-order valence-corrected chi connectivity index (χ4v) is 4.30. The summed E-state index contributed by atoms with van der Waals surface area (Å²) in [5.74, 6) is -0.312. The van der Waals surface area contributed by atoms with Crippen LogP contribution in [0.3, 0.4) is 0 Å². The Morgan fingerprint density at radius 3 is 1.96 bits per heavy atom. The second-order valence-electron chi connectivity index (χ2n) is 5.87. The average Bonchev–Trinajstić information content (AvgIpc) is 3.13. The lowest BCUT2D eigenvalue weighted by atomic mass is 9.86. The van der Waals surface area contributed by atoms with Gasteiger partial charge in [-0.05, 0) is 22.3 Å². The third-order valence-electron chi connectivity index (χ3n) is 4.33. The molecule has 0 saturated heterocycles. The van der Waals surface area contributed by atoms with Crippen LogP contribution in [0.5, 0.6) is 0 Å². The van der Waals surface area contributed by atoms with Gasteiger partial charge >= 0.3 is 5.97 Å². The Bertz CT molecular complexity index is 822. The summed E-state index contributed by atoms with van der Waals surface area (Å²) in [6, 6.07) is 20.1. The highest BCUT2D eigenvalue weighted by Gasteiger charge is 2.35. The lowest BCUT2D eigenvalue weighted by molar-refractivity contribution is -0.135. The molecule has 0 bridgehead atoms. The lowest BCUT2D eigenvalue weighted by Crippen LogP contribution is -2.14. The lowest BCUT2D eigenvalue weighted by Gasteiger charge is -2.23. The highest BCUT2D eigenvalue weighted by Crippen LogP contribution is 2.48. The fourth-order valence-electron chi connectivity index (χ4n) is 2.95. The first-order valence-corrected chi connectivity index (χ1v) is 8.95. The topological polar surface area (TPSA) is 26.3 Å². The van der Waals surface area contributed by atoms with Gasteiger partial charge in [-0.3, -0.25) is 0 Å². The minimum Gasteiger partial charge on any atom is -0.465 e. The summed E-state index contributed by atoms with van der Waals surface area (Å²) in [7, 11) is 1.41. The molecular weight excluding hydrogens is 328 g/mol. The van der Waals surface area contributed by atoms with Crippen molar-refractivity contribution in [1.29, 1.82) is 0 Å². The molecule has 2 aromatic rings. The normalized spacial score (nSPS) is 19.2. The van der Waals surface area contributed by atoms with E-state index >= 15 is 0 Å². The number of methoxy groups -OCH3 is 1. The van der Waals surface area contributed by atoms with E-state index in [4.69, 9.17) is 4.74 Å². The third kappa shape index (κ3) is 3.62. The van der Waals surface area contributed by atoms with Gasteiger partial charge < -0.3 is 4.74 Å². The molecule has 1 aliphatic rings. The van der Waals surface area contributed by atoms with E-state index in [9.17, 15) is 4.79 Å². The van der Waals surface area contributed by atoms with Gasteiger partial charge in [-0.1, -0.05) is 79.9 Å². The van der Waals surface area contributed by atoms with E-state index in [1.165, 1.54) is 18.9 Å². The van der Waals surface area contributed by atoms with E-state index in [1.54, 1.807) is 0 Å². The Morgan fingerprint density at radius 2 is 1.44 bits per heavy atom. The largest absolute Gasteiger partial charge is 0.465 e. The van der Waals surface area contributed by atoms with Crippen molar-refractivity contribution < 1.29 is 9.53 Å². The summed E-state index contributed by atoms with van der Waals surface area (Å²) in [6.45, 7) is 8.61. The predicted molar refractivity (Wildman–Crippen MR) is 106 cm³/mol. The van der Waals surface area contributed by atoms with Gasteiger partial charge in [-0.2, -0.15) is 0 Å². The van der Waals surface area contributed by atoms with Crippen LogP contribution in [0, 0.1) is 5.92 Å². The first kappa shape index (κ1) is 17.3. The highest BCUT2D eigenvalue weighted by molar-refractivity contribution is 8.05. The van der Waals surface area contributed by atoms with Gasteiger partial charge in [-0.25, -0.2) is 4.79 Å². The molecule has 3 rings (SSSR count). The zero-order valence-electron chi connectivity index (χ0n) is 14.1. The van der Waals surface area contributed by atoms with Gasteiger partial charge in [0.25, 0.3) is 0 Å². The van der Waals surface area contributed by atoms with Crippen molar-refractivity contribution in [2.45, 2.75) is 5.25 Å². The van der Waals surface area contributed by atoms with Crippen molar-refractivity contribution in [3.05, 3.63) is 95.9 Å². The van der Waals surface area contributed by atoms with E-state index in [2.05, 4.69) is 13.2 Å². The molecule has 0 spiro atoms. The van der Waals surface area contributed by atoms with Crippen LogP contribution in [-0.4, -0.2) is 18.3 Å². The molecule has 0 aliphatic carbocycles. The summed E-state index contributed by atoms with van der Waals surface area (Å²) >= 11 is 1.50. The molecule has 3 heteroatoms. The number of thioether (sulfide) groups is 1. The molecule has 1 aliphatic heterocycles. The van der Waals surface area contributed by atoms with Gasteiger partial charge in [0.2, 0.25) is 0 Å². The fraction of sp³-hybridized carbons (Fsp3) is 0.136. The highest BCUT2D eigenvalue weighted by atomic mass is 32.2. The summed E-state index contributed by atoms with van der Waals surface area (Å²) < 4.78 is 4.91. The first-order valence-electron chi connectivity index (χ1n) is 8.07. The third-order valence-corrected chi connectivity index (χ3v) is 5.72. The van der Waals surface area contributed by atoms with Crippen LogP contribution in [0.4, 0.5) is 0 Å². The number of hydrogen-bond donors (Lipinski definition) is 0. The molecule has 2 aromatic carbocycles. The summed E-state index contributed by atoms with van der Waals surface area (Å²) in [5.41, 5.74) is 4.11. The van der Waals surface area contributed by atoms with Gasteiger partial charge in [0.05, 0.1) is 12.0 Å². The van der Waals surface area contributed by atoms with Crippen molar-refractivity contribution in [1.82, 2.24) is 0 Å². The number of carbonyl (C=O) groups is 1. The predicted octanol–water partition coefficient (Wildman–Crippen LogP) is 5.20. The van der Waals surface area contributed by atoms with E-state index in [1.807, 2.05) is 66.7 Å². The molecule has 0 amide bonds. The zero-order valence-corrected chi connectivity index (χ0v) is 15.0. The van der Waals surface area contributed by atoms with Crippen LogP contribution in [0.2, 0.25) is 0 Å². The number of allylic oxidation sites excluding steroid dienone is 2. The molecule has 0 radical (unpaired) electrons.